The number of aliphatic hydroxyl groups excluding tert-OH is 2. The van der Waals surface area contributed by atoms with Gasteiger partial charge in [0.15, 0.2) is 0 Å². The van der Waals surface area contributed by atoms with Gasteiger partial charge in [-0.2, -0.15) is 0 Å². The van der Waals surface area contributed by atoms with Crippen molar-refractivity contribution in [2.45, 2.75) is 26.3 Å². The zero-order valence-electron chi connectivity index (χ0n) is 9.59. The summed E-state index contributed by atoms with van der Waals surface area (Å²) in [6.45, 7) is 7.76. The minimum atomic E-state index is -2.17. The van der Waals surface area contributed by atoms with Crippen LogP contribution >= 0.6 is 0 Å². The molecule has 0 amide bonds. The molecule has 0 unspecified atom stereocenters. The van der Waals surface area contributed by atoms with Gasteiger partial charge in [0.2, 0.25) is 0 Å². The largest absolute Gasteiger partial charge is 0.631 e. The molecule has 0 aliphatic heterocycles. The molecule has 0 fully saturated rings. The fourth-order valence-electron chi connectivity index (χ4n) is 1.02. The molecule has 0 aromatic heterocycles. The van der Waals surface area contributed by atoms with Gasteiger partial charge in [-0.3, -0.25) is 4.90 Å². The van der Waals surface area contributed by atoms with Crippen molar-refractivity contribution in [2.24, 2.45) is 0 Å². The maximum Gasteiger partial charge on any atom is 0.631 e. The van der Waals surface area contributed by atoms with Crippen LogP contribution in [0.15, 0.2) is 0 Å². The third kappa shape index (κ3) is 13.8. The summed E-state index contributed by atoms with van der Waals surface area (Å²) in [7, 11) is -2.17. The number of hydrogen-bond acceptors (Lipinski definition) is 6. The first-order chi connectivity index (χ1) is 6.75. The highest BCUT2D eigenvalue weighted by atomic mass is 16.5. The zero-order valence-corrected chi connectivity index (χ0v) is 9.59. The van der Waals surface area contributed by atoms with Crippen LogP contribution in [-0.2, 0) is 0 Å². The third-order valence-electron chi connectivity index (χ3n) is 1.69. The number of aliphatic hydroxyl groups is 2. The van der Waals surface area contributed by atoms with Crippen LogP contribution in [0.1, 0.15) is 20.8 Å². The summed E-state index contributed by atoms with van der Waals surface area (Å²) < 4.78 is 0. The molecule has 0 heterocycles. The lowest BCUT2D eigenvalue weighted by atomic mass is 10.1. The number of nitrogens with zero attached hydrogens (tertiary/aromatic N) is 1. The Morgan fingerprint density at radius 3 is 1.33 bits per heavy atom. The van der Waals surface area contributed by atoms with Crippen molar-refractivity contribution in [3.05, 3.63) is 0 Å². The molecular weight excluding hydrogens is 201 g/mol. The van der Waals surface area contributed by atoms with Crippen molar-refractivity contribution in [3.63, 3.8) is 0 Å². The smallest absolute Gasteiger partial charge is 0.402 e. The summed E-state index contributed by atoms with van der Waals surface area (Å²) in [5, 5.41) is 38.9. The second-order valence-electron chi connectivity index (χ2n) is 3.95. The van der Waals surface area contributed by atoms with Gasteiger partial charge in [-0.05, 0) is 20.8 Å². The van der Waals surface area contributed by atoms with Crippen LogP contribution in [0.3, 0.4) is 0 Å². The Kier molecular flexibility index (Phi) is 10.4. The van der Waals surface area contributed by atoms with Crippen molar-refractivity contribution in [1.29, 1.82) is 0 Å². The SMILES string of the molecule is CC(C)(C)N(CCO)CCO.OB(O)O. The maximum absolute atomic E-state index is 8.70. The van der Waals surface area contributed by atoms with Gasteiger partial charge in [0, 0.05) is 18.6 Å². The fourth-order valence-corrected chi connectivity index (χ4v) is 1.02. The number of β-amino-alcohol motifs (C(OH)–C–C–N with tert-alkyl or cyclic N) is 2. The van der Waals surface area contributed by atoms with E-state index in [1.54, 1.807) is 0 Å². The average molecular weight is 223 g/mol. The predicted octanol–water partition coefficient (Wildman–Crippen LogP) is -1.98. The van der Waals surface area contributed by atoms with Crippen LogP contribution in [0, 0.1) is 0 Å². The molecule has 0 spiro atoms. The van der Waals surface area contributed by atoms with Gasteiger partial charge in [-0.25, -0.2) is 0 Å². The Bertz CT molecular complexity index is 131. The van der Waals surface area contributed by atoms with E-state index in [0.717, 1.165) is 0 Å². The Balaban J connectivity index is 0. The highest BCUT2D eigenvalue weighted by molar-refractivity contribution is 6.30. The summed E-state index contributed by atoms with van der Waals surface area (Å²) in [4.78, 5) is 2.05. The molecule has 92 valence electrons. The molecule has 7 heteroatoms. The van der Waals surface area contributed by atoms with Gasteiger partial charge in [-0.15, -0.1) is 0 Å². The zero-order chi connectivity index (χ0) is 12.5. The van der Waals surface area contributed by atoms with Gasteiger partial charge in [0.1, 0.15) is 0 Å². The molecule has 6 nitrogen and oxygen atoms in total. The summed E-state index contributed by atoms with van der Waals surface area (Å²) in [6.07, 6.45) is 0. The summed E-state index contributed by atoms with van der Waals surface area (Å²) >= 11 is 0. The maximum atomic E-state index is 8.70. The number of hydrogen-bond donors (Lipinski definition) is 5. The van der Waals surface area contributed by atoms with E-state index in [2.05, 4.69) is 20.8 Å². The van der Waals surface area contributed by atoms with Crippen LogP contribution in [0.25, 0.3) is 0 Å². The monoisotopic (exact) mass is 223 g/mol. The second kappa shape index (κ2) is 9.08. The minimum absolute atomic E-state index is 0.0332. The van der Waals surface area contributed by atoms with Gasteiger partial charge in [0.05, 0.1) is 13.2 Å². The van der Waals surface area contributed by atoms with Crippen LogP contribution in [0.5, 0.6) is 0 Å². The Morgan fingerprint density at radius 1 is 0.933 bits per heavy atom. The molecule has 5 N–H and O–H groups in total. The highest BCUT2D eigenvalue weighted by Crippen LogP contribution is 2.11. The minimum Gasteiger partial charge on any atom is -0.402 e. The van der Waals surface area contributed by atoms with Crippen LogP contribution in [-0.4, -0.2) is 69.3 Å². The van der Waals surface area contributed by atoms with E-state index in [4.69, 9.17) is 25.3 Å². The van der Waals surface area contributed by atoms with Crippen LogP contribution in [0.2, 0.25) is 0 Å². The summed E-state index contributed by atoms with van der Waals surface area (Å²) in [5.41, 5.74) is 0.0332. The van der Waals surface area contributed by atoms with E-state index < -0.39 is 7.32 Å². The van der Waals surface area contributed by atoms with Gasteiger partial charge < -0.3 is 25.3 Å². The van der Waals surface area contributed by atoms with Crippen molar-refractivity contribution < 1.29 is 25.3 Å². The lowest BCUT2D eigenvalue weighted by molar-refractivity contribution is 0.0841. The third-order valence-corrected chi connectivity index (χ3v) is 1.69. The van der Waals surface area contributed by atoms with Crippen molar-refractivity contribution in [2.75, 3.05) is 26.3 Å². The van der Waals surface area contributed by atoms with E-state index in [-0.39, 0.29) is 18.8 Å². The van der Waals surface area contributed by atoms with Crippen molar-refractivity contribution in [3.8, 4) is 0 Å². The van der Waals surface area contributed by atoms with Crippen molar-refractivity contribution in [1.82, 2.24) is 4.90 Å². The van der Waals surface area contributed by atoms with Gasteiger partial charge in [0.25, 0.3) is 0 Å². The van der Waals surface area contributed by atoms with E-state index >= 15 is 0 Å². The van der Waals surface area contributed by atoms with E-state index in [1.165, 1.54) is 0 Å². The lowest BCUT2D eigenvalue weighted by Crippen LogP contribution is -2.44. The predicted molar refractivity (Wildman–Crippen MR) is 57.9 cm³/mol. The second-order valence-corrected chi connectivity index (χ2v) is 3.95. The Hall–Kier alpha value is -0.175. The molecule has 0 aliphatic carbocycles. The molecular formula is C8H22BNO5. The Labute approximate surface area is 91.0 Å². The van der Waals surface area contributed by atoms with Gasteiger partial charge >= 0.3 is 7.32 Å². The lowest BCUT2D eigenvalue weighted by Gasteiger charge is -2.34. The first-order valence-corrected chi connectivity index (χ1v) is 4.76. The highest BCUT2D eigenvalue weighted by Gasteiger charge is 2.19. The van der Waals surface area contributed by atoms with E-state index in [1.807, 2.05) is 4.90 Å². The molecule has 0 saturated heterocycles. The van der Waals surface area contributed by atoms with Crippen LogP contribution in [0.4, 0.5) is 0 Å². The van der Waals surface area contributed by atoms with Gasteiger partial charge in [-0.1, -0.05) is 0 Å². The molecule has 15 heavy (non-hydrogen) atoms. The summed E-state index contributed by atoms with van der Waals surface area (Å²) in [5.74, 6) is 0. The first-order valence-electron chi connectivity index (χ1n) is 4.76. The molecule has 0 atom stereocenters. The normalized spacial score (nSPS) is 11.0. The van der Waals surface area contributed by atoms with Crippen LogP contribution < -0.4 is 0 Å². The fraction of sp³-hybridized carbons (Fsp3) is 1.00. The molecule has 0 aromatic carbocycles. The topological polar surface area (TPSA) is 104 Å². The standard InChI is InChI=1S/C8H19NO2.BH3O3/c1-8(2,3)9(4-6-10)5-7-11;2-1(3)4/h10-11H,4-7H2,1-3H3;2-4H. The van der Waals surface area contributed by atoms with E-state index in [9.17, 15) is 0 Å². The summed E-state index contributed by atoms with van der Waals surface area (Å²) in [6, 6.07) is 0. The average Bonchev–Trinajstić information content (AvgIpc) is 2.01. The molecule has 0 saturated carbocycles. The molecule has 0 aliphatic rings. The van der Waals surface area contributed by atoms with E-state index in [0.29, 0.717) is 13.1 Å². The molecule has 0 bridgehead atoms. The first kappa shape index (κ1) is 17.2. The Morgan fingerprint density at radius 2 is 1.20 bits per heavy atom. The van der Waals surface area contributed by atoms with Crippen molar-refractivity contribution >= 4 is 7.32 Å². The molecule has 0 radical (unpaired) electrons. The number of rotatable bonds is 4. The quantitative estimate of drug-likeness (QED) is 0.354. The molecule has 0 rings (SSSR count). The molecule has 0 aromatic rings.